The molecule has 0 saturated carbocycles. The molecule has 1 aromatic carbocycles. The normalized spacial score (nSPS) is 24.6. The number of H-pyrrole nitrogens is 1. The van der Waals surface area contributed by atoms with Crippen molar-refractivity contribution in [3.63, 3.8) is 0 Å². The van der Waals surface area contributed by atoms with Gasteiger partial charge in [-0.15, -0.1) is 0 Å². The van der Waals surface area contributed by atoms with Gasteiger partial charge in [0.05, 0.1) is 13.2 Å². The molecule has 1 aliphatic rings. The number of aliphatic hydroxyl groups excluding tert-OH is 2. The minimum Gasteiger partial charge on any atom is -0.465 e. The summed E-state index contributed by atoms with van der Waals surface area (Å²) in [5.41, 5.74) is 5.11. The summed E-state index contributed by atoms with van der Waals surface area (Å²) in [5.74, 6) is -0.673. The monoisotopic (exact) mass is 582 g/mol. The van der Waals surface area contributed by atoms with Crippen molar-refractivity contribution in [2.45, 2.75) is 57.4 Å². The molecule has 1 aromatic heterocycles. The Morgan fingerprint density at radius 2 is 2.00 bits per heavy atom. The Labute approximate surface area is 228 Å². The van der Waals surface area contributed by atoms with Crippen molar-refractivity contribution in [3.8, 4) is 5.75 Å². The predicted molar refractivity (Wildman–Crippen MR) is 139 cm³/mol. The molecule has 17 heteroatoms. The molecule has 0 radical (unpaired) electrons. The van der Waals surface area contributed by atoms with E-state index in [1.807, 2.05) is 18.8 Å². The molecule has 0 amide bonds. The van der Waals surface area contributed by atoms with E-state index in [2.05, 4.69) is 15.1 Å². The number of hydrogen-bond donors (Lipinski definition) is 4. The number of ether oxygens (including phenoxy) is 2. The molecular formula is C23H31N6O10P. The van der Waals surface area contributed by atoms with Crippen LogP contribution in [0.5, 0.6) is 5.75 Å². The maximum atomic E-state index is 14.0. The Kier molecular flexibility index (Phi) is 10.3. The number of carbonyl (C=O) groups is 1. The molecule has 2 aromatic rings. The quantitative estimate of drug-likeness (QED) is 0.0871. The molecule has 4 N–H and O–H groups in total. The maximum absolute atomic E-state index is 14.0. The summed E-state index contributed by atoms with van der Waals surface area (Å²) in [4.78, 5) is 41.0. The van der Waals surface area contributed by atoms with Crippen LogP contribution in [0.15, 0.2) is 57.3 Å². The largest absolute Gasteiger partial charge is 0.465 e. The van der Waals surface area contributed by atoms with Gasteiger partial charge in [0.15, 0.2) is 6.23 Å². The van der Waals surface area contributed by atoms with Gasteiger partial charge in [-0.3, -0.25) is 23.7 Å². The second-order valence-electron chi connectivity index (χ2n) is 9.23. The second kappa shape index (κ2) is 13.2. The number of rotatable bonds is 13. The lowest BCUT2D eigenvalue weighted by Crippen LogP contribution is -2.46. The minimum atomic E-state index is -4.53. The molecule has 40 heavy (non-hydrogen) atoms. The highest BCUT2D eigenvalue weighted by molar-refractivity contribution is 7.52. The molecule has 3 rings (SSSR count). The lowest BCUT2D eigenvalue weighted by Gasteiger charge is -2.30. The first kappa shape index (κ1) is 31.0. The van der Waals surface area contributed by atoms with E-state index in [0.29, 0.717) is 0 Å². The summed E-state index contributed by atoms with van der Waals surface area (Å²) in [6.07, 6.45) is -4.29. The van der Waals surface area contributed by atoms with E-state index in [1.54, 1.807) is 25.1 Å². The Bertz CT molecular complexity index is 1380. The number of aliphatic hydroxyl groups is 2. The predicted octanol–water partition coefficient (Wildman–Crippen LogP) is 1.56. The SMILES string of the molecule is CCOC(=O)[C@H](CC(C)C)NP(=O)(OC[C@@]1(N=[N+]=[N-])O[C@@H](n2ccc(=O)[nH]c2=O)[C@H](O)[C@@H]1O)Oc1ccccc1. The minimum absolute atomic E-state index is 0.0480. The zero-order chi connectivity index (χ0) is 29.5. The fourth-order valence-corrected chi connectivity index (χ4v) is 5.45. The first-order valence-corrected chi connectivity index (χ1v) is 13.8. The molecule has 1 aliphatic heterocycles. The number of aromatic nitrogens is 2. The maximum Gasteiger partial charge on any atom is 0.459 e. The molecule has 1 unspecified atom stereocenters. The van der Waals surface area contributed by atoms with Gasteiger partial charge >= 0.3 is 19.4 Å². The summed E-state index contributed by atoms with van der Waals surface area (Å²) < 4.78 is 36.7. The summed E-state index contributed by atoms with van der Waals surface area (Å²) in [7, 11) is -4.53. The Balaban J connectivity index is 1.96. The third-order valence-electron chi connectivity index (χ3n) is 5.74. The Morgan fingerprint density at radius 3 is 2.60 bits per heavy atom. The van der Waals surface area contributed by atoms with E-state index in [9.17, 15) is 34.7 Å². The number of benzene rings is 1. The molecule has 0 bridgehead atoms. The molecule has 2 heterocycles. The van der Waals surface area contributed by atoms with Gasteiger partial charge in [0.25, 0.3) is 5.56 Å². The highest BCUT2D eigenvalue weighted by Crippen LogP contribution is 2.48. The highest BCUT2D eigenvalue weighted by Gasteiger charge is 2.56. The van der Waals surface area contributed by atoms with Crippen molar-refractivity contribution >= 4 is 13.7 Å². The first-order chi connectivity index (χ1) is 18.9. The molecule has 6 atom stereocenters. The summed E-state index contributed by atoms with van der Waals surface area (Å²) >= 11 is 0. The molecular weight excluding hydrogens is 551 g/mol. The number of azide groups is 1. The number of para-hydroxylation sites is 1. The number of esters is 1. The number of aromatic amines is 1. The third kappa shape index (κ3) is 7.37. The van der Waals surface area contributed by atoms with Gasteiger partial charge < -0.3 is 24.2 Å². The van der Waals surface area contributed by atoms with E-state index < -0.39 is 61.8 Å². The van der Waals surface area contributed by atoms with Gasteiger partial charge in [-0.25, -0.2) is 9.36 Å². The van der Waals surface area contributed by atoms with Gasteiger partial charge in [0, 0.05) is 17.2 Å². The molecule has 0 spiro atoms. The molecule has 1 saturated heterocycles. The van der Waals surface area contributed by atoms with Gasteiger partial charge in [0.1, 0.15) is 24.0 Å². The zero-order valence-electron chi connectivity index (χ0n) is 21.9. The number of nitrogens with zero attached hydrogens (tertiary/aromatic N) is 4. The fraction of sp³-hybridized carbons (Fsp3) is 0.522. The van der Waals surface area contributed by atoms with Crippen LogP contribution in [0.4, 0.5) is 0 Å². The van der Waals surface area contributed by atoms with Crippen molar-refractivity contribution < 1.29 is 38.1 Å². The van der Waals surface area contributed by atoms with Crippen molar-refractivity contribution in [2.75, 3.05) is 13.2 Å². The lowest BCUT2D eigenvalue weighted by molar-refractivity contribution is -0.145. The van der Waals surface area contributed by atoms with Crippen LogP contribution in [0.2, 0.25) is 0 Å². The van der Waals surface area contributed by atoms with Gasteiger partial charge in [-0.1, -0.05) is 37.2 Å². The molecule has 218 valence electrons. The van der Waals surface area contributed by atoms with Crippen molar-refractivity contribution in [1.29, 1.82) is 0 Å². The summed E-state index contributed by atoms with van der Waals surface area (Å²) in [5, 5.41) is 27.5. The average Bonchev–Trinajstić information content (AvgIpc) is 3.13. The Hall–Kier alpha value is -3.49. The van der Waals surface area contributed by atoms with Crippen LogP contribution < -0.4 is 20.9 Å². The van der Waals surface area contributed by atoms with Crippen LogP contribution in [-0.2, 0) is 23.4 Å². The number of nitrogens with one attached hydrogen (secondary N) is 2. The van der Waals surface area contributed by atoms with Crippen molar-refractivity contribution in [2.24, 2.45) is 11.0 Å². The second-order valence-corrected chi connectivity index (χ2v) is 10.9. The van der Waals surface area contributed by atoms with Gasteiger partial charge in [0.2, 0.25) is 5.72 Å². The first-order valence-electron chi connectivity index (χ1n) is 12.3. The van der Waals surface area contributed by atoms with E-state index in [-0.39, 0.29) is 24.7 Å². The van der Waals surface area contributed by atoms with Crippen LogP contribution in [0, 0.1) is 5.92 Å². The lowest BCUT2D eigenvalue weighted by atomic mass is 10.1. The smallest absolute Gasteiger partial charge is 0.459 e. The third-order valence-corrected chi connectivity index (χ3v) is 7.29. The van der Waals surface area contributed by atoms with Crippen LogP contribution in [0.1, 0.15) is 33.4 Å². The standard InChI is InChI=1S/C23H31N6O10P/c1-4-36-21(33)16(12-14(2)3)26-40(35,39-15-8-6-5-7-9-15)37-13-23(27-28-24)19(32)18(31)20(38-23)29-11-10-17(30)25-22(29)34/h5-11,14,16,18-20,31-32H,4,12-13H2,1-3H3,(H,26,35)(H,25,30,34)/t16-,18+,19-,20+,23+,40?/m0/s1. The van der Waals surface area contributed by atoms with Crippen LogP contribution in [0.25, 0.3) is 10.4 Å². The van der Waals surface area contributed by atoms with Crippen LogP contribution in [-0.4, -0.2) is 62.9 Å². The van der Waals surface area contributed by atoms with Gasteiger partial charge in [-0.2, -0.15) is 5.09 Å². The average molecular weight is 583 g/mol. The van der Waals surface area contributed by atoms with E-state index in [0.717, 1.165) is 16.8 Å². The van der Waals surface area contributed by atoms with Crippen LogP contribution >= 0.6 is 7.75 Å². The zero-order valence-corrected chi connectivity index (χ0v) is 22.8. The van der Waals surface area contributed by atoms with Gasteiger partial charge in [-0.05, 0) is 36.9 Å². The summed E-state index contributed by atoms with van der Waals surface area (Å²) in [6.45, 7) is 4.37. The molecule has 16 nitrogen and oxygen atoms in total. The Morgan fingerprint density at radius 1 is 1.30 bits per heavy atom. The van der Waals surface area contributed by atoms with Crippen molar-refractivity contribution in [3.05, 3.63) is 73.9 Å². The highest BCUT2D eigenvalue weighted by atomic mass is 31.2. The number of hydrogen-bond acceptors (Lipinski definition) is 11. The topological polar surface area (TPSA) is 227 Å². The van der Waals surface area contributed by atoms with E-state index in [1.165, 1.54) is 12.1 Å². The molecule has 0 aliphatic carbocycles. The van der Waals surface area contributed by atoms with E-state index in [4.69, 9.17) is 18.5 Å². The van der Waals surface area contributed by atoms with E-state index >= 15 is 0 Å². The number of carbonyl (C=O) groups excluding carboxylic acids is 1. The van der Waals surface area contributed by atoms with Crippen LogP contribution in [0.3, 0.4) is 0 Å². The fourth-order valence-electron chi connectivity index (χ4n) is 3.92. The van der Waals surface area contributed by atoms with Crippen molar-refractivity contribution in [1.82, 2.24) is 14.6 Å². The summed E-state index contributed by atoms with van der Waals surface area (Å²) in [6, 6.07) is 7.68. The molecule has 1 fully saturated rings.